The minimum absolute atomic E-state index is 0.233. The van der Waals surface area contributed by atoms with Gasteiger partial charge in [-0.3, -0.25) is 0 Å². The lowest BCUT2D eigenvalue weighted by Gasteiger charge is -2.10. The van der Waals surface area contributed by atoms with Crippen molar-refractivity contribution >= 4 is 11.6 Å². The lowest BCUT2D eigenvalue weighted by Crippen LogP contribution is -1.98. The third-order valence-corrected chi connectivity index (χ3v) is 4.19. The lowest BCUT2D eigenvalue weighted by molar-refractivity contribution is 0.304. The standard InChI is InChI=1S/C20H18ClN3O/c1-14-11-16(12-19-23-17(9-10-22)20(21)24-19)7-8-18(14)25-13-15-5-3-2-4-6-15/h2-8,11H,9,12-13H2,1H3,(H,23,24). The van der Waals surface area contributed by atoms with Crippen LogP contribution in [0, 0.1) is 18.3 Å². The van der Waals surface area contributed by atoms with Crippen LogP contribution in [0.25, 0.3) is 0 Å². The third-order valence-electron chi connectivity index (χ3n) is 3.88. The molecule has 0 bridgehead atoms. The zero-order valence-corrected chi connectivity index (χ0v) is 14.7. The highest BCUT2D eigenvalue weighted by atomic mass is 35.5. The maximum Gasteiger partial charge on any atom is 0.151 e. The van der Waals surface area contributed by atoms with Crippen LogP contribution in [-0.4, -0.2) is 9.97 Å². The number of nitriles is 1. The summed E-state index contributed by atoms with van der Waals surface area (Å²) in [6.45, 7) is 2.58. The number of nitrogens with one attached hydrogen (secondary N) is 1. The van der Waals surface area contributed by atoms with Crippen LogP contribution >= 0.6 is 11.6 Å². The van der Waals surface area contributed by atoms with Gasteiger partial charge in [0.1, 0.15) is 18.2 Å². The molecule has 126 valence electrons. The fourth-order valence-electron chi connectivity index (χ4n) is 2.63. The van der Waals surface area contributed by atoms with Crippen molar-refractivity contribution in [3.8, 4) is 11.8 Å². The van der Waals surface area contributed by atoms with E-state index < -0.39 is 0 Å². The first-order chi connectivity index (χ1) is 12.2. The van der Waals surface area contributed by atoms with Gasteiger partial charge in [-0.25, -0.2) is 4.98 Å². The maximum atomic E-state index is 8.77. The number of imidazole rings is 1. The van der Waals surface area contributed by atoms with Gasteiger partial charge in [0, 0.05) is 6.42 Å². The van der Waals surface area contributed by atoms with Crippen LogP contribution in [0.4, 0.5) is 0 Å². The number of rotatable bonds is 6. The van der Waals surface area contributed by atoms with Crippen molar-refractivity contribution in [2.24, 2.45) is 0 Å². The summed E-state index contributed by atoms with van der Waals surface area (Å²) in [5, 5.41) is 9.14. The van der Waals surface area contributed by atoms with Crippen molar-refractivity contribution in [2.75, 3.05) is 0 Å². The molecule has 2 aromatic carbocycles. The number of hydrogen-bond acceptors (Lipinski definition) is 3. The van der Waals surface area contributed by atoms with Crippen LogP contribution in [0.3, 0.4) is 0 Å². The molecule has 5 heteroatoms. The molecule has 1 aromatic heterocycles. The van der Waals surface area contributed by atoms with E-state index in [1.165, 1.54) is 0 Å². The maximum absolute atomic E-state index is 8.77. The molecule has 0 saturated carbocycles. The summed E-state index contributed by atoms with van der Waals surface area (Å²) in [6.07, 6.45) is 0.863. The van der Waals surface area contributed by atoms with Gasteiger partial charge in [-0.05, 0) is 29.7 Å². The fraction of sp³-hybridized carbons (Fsp3) is 0.200. The van der Waals surface area contributed by atoms with E-state index in [0.717, 1.165) is 28.3 Å². The molecule has 0 aliphatic rings. The predicted octanol–water partition coefficient (Wildman–Crippen LogP) is 4.61. The largest absolute Gasteiger partial charge is 0.489 e. The quantitative estimate of drug-likeness (QED) is 0.705. The molecule has 0 aliphatic carbocycles. The van der Waals surface area contributed by atoms with Gasteiger partial charge < -0.3 is 9.72 Å². The van der Waals surface area contributed by atoms with Gasteiger partial charge in [0.25, 0.3) is 0 Å². The highest BCUT2D eigenvalue weighted by Gasteiger charge is 2.09. The van der Waals surface area contributed by atoms with E-state index in [-0.39, 0.29) is 6.42 Å². The molecule has 0 saturated heterocycles. The summed E-state index contributed by atoms with van der Waals surface area (Å²) in [6, 6.07) is 18.2. The Morgan fingerprint density at radius 2 is 1.96 bits per heavy atom. The van der Waals surface area contributed by atoms with Crippen LogP contribution < -0.4 is 4.74 Å². The zero-order chi connectivity index (χ0) is 17.6. The van der Waals surface area contributed by atoms with Crippen LogP contribution in [0.5, 0.6) is 5.75 Å². The predicted molar refractivity (Wildman–Crippen MR) is 97.7 cm³/mol. The van der Waals surface area contributed by atoms with Crippen molar-refractivity contribution in [1.29, 1.82) is 5.26 Å². The summed E-state index contributed by atoms with van der Waals surface area (Å²) < 4.78 is 5.90. The molecule has 1 N–H and O–H groups in total. The molecule has 0 unspecified atom stereocenters. The van der Waals surface area contributed by atoms with E-state index in [1.807, 2.05) is 49.4 Å². The first-order valence-corrected chi connectivity index (χ1v) is 8.40. The van der Waals surface area contributed by atoms with Crippen LogP contribution in [0.1, 0.15) is 28.2 Å². The smallest absolute Gasteiger partial charge is 0.151 e. The molecular weight excluding hydrogens is 334 g/mol. The van der Waals surface area contributed by atoms with Crippen LogP contribution in [-0.2, 0) is 19.4 Å². The molecular formula is C20H18ClN3O. The van der Waals surface area contributed by atoms with E-state index in [4.69, 9.17) is 21.6 Å². The van der Waals surface area contributed by atoms with Gasteiger partial charge in [-0.2, -0.15) is 5.26 Å². The number of ether oxygens (including phenoxy) is 1. The number of halogens is 1. The summed E-state index contributed by atoms with van der Waals surface area (Å²) >= 11 is 6.03. The molecule has 4 nitrogen and oxygen atoms in total. The Balaban J connectivity index is 1.67. The zero-order valence-electron chi connectivity index (χ0n) is 13.9. The molecule has 0 aliphatic heterocycles. The summed E-state index contributed by atoms with van der Waals surface area (Å²) in [4.78, 5) is 7.39. The van der Waals surface area contributed by atoms with E-state index in [9.17, 15) is 0 Å². The van der Waals surface area contributed by atoms with Crippen molar-refractivity contribution in [3.63, 3.8) is 0 Å². The van der Waals surface area contributed by atoms with Gasteiger partial charge >= 0.3 is 0 Å². The summed E-state index contributed by atoms with van der Waals surface area (Å²) in [5.74, 6) is 1.63. The lowest BCUT2D eigenvalue weighted by atomic mass is 10.1. The van der Waals surface area contributed by atoms with Gasteiger partial charge in [0.2, 0.25) is 0 Å². The van der Waals surface area contributed by atoms with E-state index >= 15 is 0 Å². The van der Waals surface area contributed by atoms with Gasteiger partial charge in [0.15, 0.2) is 5.15 Å². The second-order valence-corrected chi connectivity index (χ2v) is 6.20. The Morgan fingerprint density at radius 3 is 2.68 bits per heavy atom. The highest BCUT2D eigenvalue weighted by molar-refractivity contribution is 6.30. The molecule has 0 radical (unpaired) electrons. The van der Waals surface area contributed by atoms with Crippen molar-refractivity contribution in [1.82, 2.24) is 9.97 Å². The molecule has 0 fully saturated rings. The minimum Gasteiger partial charge on any atom is -0.489 e. The van der Waals surface area contributed by atoms with Crippen molar-refractivity contribution in [2.45, 2.75) is 26.4 Å². The van der Waals surface area contributed by atoms with E-state index in [1.54, 1.807) is 0 Å². The van der Waals surface area contributed by atoms with Crippen LogP contribution in [0.15, 0.2) is 48.5 Å². The molecule has 1 heterocycles. The fourth-order valence-corrected chi connectivity index (χ4v) is 2.85. The van der Waals surface area contributed by atoms with Crippen LogP contribution in [0.2, 0.25) is 5.15 Å². The van der Waals surface area contributed by atoms with Gasteiger partial charge in [-0.1, -0.05) is 54.1 Å². The van der Waals surface area contributed by atoms with E-state index in [0.29, 0.717) is 23.9 Å². The third kappa shape index (κ3) is 4.40. The van der Waals surface area contributed by atoms with Crippen molar-refractivity contribution in [3.05, 3.63) is 81.9 Å². The highest BCUT2D eigenvalue weighted by Crippen LogP contribution is 2.22. The number of hydrogen-bond donors (Lipinski definition) is 1. The van der Waals surface area contributed by atoms with Gasteiger partial charge in [0.05, 0.1) is 18.2 Å². The topological polar surface area (TPSA) is 61.7 Å². The minimum atomic E-state index is 0.233. The Kier molecular flexibility index (Phi) is 5.37. The average Bonchev–Trinajstić information content (AvgIpc) is 2.95. The molecule has 0 atom stereocenters. The number of benzene rings is 2. The number of aromatic amines is 1. The SMILES string of the molecule is Cc1cc(Cc2nc(Cl)c(CC#N)[nH]2)ccc1OCc1ccccc1. The Hall–Kier alpha value is -2.77. The first-order valence-electron chi connectivity index (χ1n) is 8.02. The molecule has 0 amide bonds. The Morgan fingerprint density at radius 1 is 1.16 bits per heavy atom. The number of aromatic nitrogens is 2. The normalized spacial score (nSPS) is 10.4. The Bertz CT molecular complexity index is 897. The summed E-state index contributed by atoms with van der Waals surface area (Å²) in [5.41, 5.74) is 3.99. The average molecular weight is 352 g/mol. The Labute approximate surface area is 152 Å². The second-order valence-electron chi connectivity index (χ2n) is 5.84. The second kappa shape index (κ2) is 7.87. The molecule has 0 spiro atoms. The summed E-state index contributed by atoms with van der Waals surface area (Å²) in [7, 11) is 0. The van der Waals surface area contributed by atoms with Crippen molar-refractivity contribution < 1.29 is 4.74 Å². The monoisotopic (exact) mass is 351 g/mol. The number of aryl methyl sites for hydroxylation is 1. The first kappa shape index (κ1) is 17.1. The van der Waals surface area contributed by atoms with Gasteiger partial charge in [-0.15, -0.1) is 0 Å². The molecule has 25 heavy (non-hydrogen) atoms. The number of H-pyrrole nitrogens is 1. The van der Waals surface area contributed by atoms with E-state index in [2.05, 4.69) is 22.1 Å². The number of nitrogens with zero attached hydrogens (tertiary/aromatic N) is 2. The molecule has 3 rings (SSSR count). The molecule has 3 aromatic rings.